The Morgan fingerprint density at radius 1 is 1.10 bits per heavy atom. The van der Waals surface area contributed by atoms with Crippen molar-refractivity contribution in [1.82, 2.24) is 19.7 Å². The molecule has 0 atom stereocenters. The van der Waals surface area contributed by atoms with Crippen molar-refractivity contribution in [2.24, 2.45) is 12.8 Å². The number of fused-ring (bicyclic) bond motifs is 1. The molecule has 1 aromatic carbocycles. The monoisotopic (exact) mass is 402 g/mol. The summed E-state index contributed by atoms with van der Waals surface area (Å²) in [7, 11) is 3.50. The fourth-order valence-electron chi connectivity index (χ4n) is 3.31. The van der Waals surface area contributed by atoms with Gasteiger partial charge in [-0.25, -0.2) is 0 Å². The summed E-state index contributed by atoms with van der Waals surface area (Å²) in [6, 6.07) is 11.7. The van der Waals surface area contributed by atoms with E-state index in [9.17, 15) is 4.79 Å². The van der Waals surface area contributed by atoms with Gasteiger partial charge in [-0.15, -0.1) is 0 Å². The molecule has 0 aliphatic carbocycles. The maximum atomic E-state index is 12.0. The number of pyridine rings is 2. The van der Waals surface area contributed by atoms with E-state index in [1.807, 2.05) is 55.8 Å². The van der Waals surface area contributed by atoms with Crippen LogP contribution in [0.4, 0.5) is 5.69 Å². The molecule has 0 bridgehead atoms. The minimum absolute atomic E-state index is 0.337. The van der Waals surface area contributed by atoms with E-state index in [2.05, 4.69) is 20.4 Å². The Balaban J connectivity index is 1.75. The lowest BCUT2D eigenvalue weighted by Gasteiger charge is -2.13. The third kappa shape index (κ3) is 3.99. The highest BCUT2D eigenvalue weighted by atomic mass is 16.5. The largest absolute Gasteiger partial charge is 0.378 e. The number of ether oxygens (including phenoxy) is 1. The molecule has 30 heavy (non-hydrogen) atoms. The Morgan fingerprint density at radius 3 is 2.60 bits per heavy atom. The average Bonchev–Trinajstić information content (AvgIpc) is 3.17. The molecule has 0 aliphatic rings. The zero-order valence-corrected chi connectivity index (χ0v) is 16.8. The van der Waals surface area contributed by atoms with E-state index in [0.717, 1.165) is 33.4 Å². The molecule has 3 N–H and O–H groups in total. The second-order valence-corrected chi connectivity index (χ2v) is 6.95. The third-order valence-corrected chi connectivity index (χ3v) is 4.80. The highest BCUT2D eigenvalue weighted by Gasteiger charge is 2.14. The van der Waals surface area contributed by atoms with E-state index in [1.165, 1.54) is 6.20 Å². The number of nitrogens with zero attached hydrogens (tertiary/aromatic N) is 4. The normalized spacial score (nSPS) is 11.0. The number of carbonyl (C=O) groups excluding carboxylic acids is 1. The van der Waals surface area contributed by atoms with Crippen LogP contribution in [0.3, 0.4) is 0 Å². The van der Waals surface area contributed by atoms with Crippen molar-refractivity contribution in [3.63, 3.8) is 0 Å². The summed E-state index contributed by atoms with van der Waals surface area (Å²) in [5.41, 5.74) is 11.0. The van der Waals surface area contributed by atoms with Gasteiger partial charge in [0.1, 0.15) is 0 Å². The predicted octanol–water partition coefficient (Wildman–Crippen LogP) is 2.89. The first-order valence-corrected chi connectivity index (χ1v) is 9.44. The van der Waals surface area contributed by atoms with E-state index in [-0.39, 0.29) is 0 Å². The number of nitrogens with one attached hydrogen (secondary N) is 1. The lowest BCUT2D eigenvalue weighted by atomic mass is 10.0. The number of carbonyl (C=O) groups is 1. The molecule has 0 spiro atoms. The van der Waals surface area contributed by atoms with Crippen LogP contribution in [-0.4, -0.2) is 32.8 Å². The molecular formula is C22H22N6O2. The van der Waals surface area contributed by atoms with Crippen LogP contribution in [0.2, 0.25) is 0 Å². The van der Waals surface area contributed by atoms with Gasteiger partial charge >= 0.3 is 0 Å². The van der Waals surface area contributed by atoms with Crippen LogP contribution in [0.15, 0.2) is 55.0 Å². The summed E-state index contributed by atoms with van der Waals surface area (Å²) in [6.45, 7) is 0.920. The van der Waals surface area contributed by atoms with Crippen LogP contribution in [0.1, 0.15) is 21.7 Å². The Morgan fingerprint density at radius 2 is 1.93 bits per heavy atom. The maximum Gasteiger partial charge on any atom is 0.252 e. The van der Waals surface area contributed by atoms with Gasteiger partial charge < -0.3 is 15.8 Å². The van der Waals surface area contributed by atoms with Crippen LogP contribution in [0, 0.1) is 0 Å². The second-order valence-electron chi connectivity index (χ2n) is 6.95. The van der Waals surface area contributed by atoms with E-state index in [4.69, 9.17) is 10.5 Å². The van der Waals surface area contributed by atoms with Crippen LogP contribution in [0.5, 0.6) is 0 Å². The number of amides is 1. The number of methoxy groups -OCH3 is 1. The predicted molar refractivity (Wildman–Crippen MR) is 115 cm³/mol. The number of nitrogens with two attached hydrogens (primary N) is 1. The van der Waals surface area contributed by atoms with Crippen LogP contribution >= 0.6 is 0 Å². The minimum atomic E-state index is -0.538. The first-order valence-electron chi connectivity index (χ1n) is 9.44. The van der Waals surface area contributed by atoms with Crippen molar-refractivity contribution in [3.05, 3.63) is 71.9 Å². The fourth-order valence-corrected chi connectivity index (χ4v) is 3.31. The molecule has 8 heteroatoms. The molecule has 0 radical (unpaired) electrons. The van der Waals surface area contributed by atoms with Crippen LogP contribution < -0.4 is 11.1 Å². The van der Waals surface area contributed by atoms with E-state index >= 15 is 0 Å². The highest BCUT2D eigenvalue weighted by molar-refractivity contribution is 6.07. The second kappa shape index (κ2) is 8.30. The molecule has 3 aromatic heterocycles. The zero-order valence-electron chi connectivity index (χ0n) is 16.8. The molecule has 0 unspecified atom stereocenters. The Labute approximate surface area is 173 Å². The summed E-state index contributed by atoms with van der Waals surface area (Å²) in [6.07, 6.45) is 5.18. The number of anilines is 1. The lowest BCUT2D eigenvalue weighted by Crippen LogP contribution is -2.15. The van der Waals surface area contributed by atoms with E-state index < -0.39 is 5.91 Å². The zero-order chi connectivity index (χ0) is 21.1. The summed E-state index contributed by atoms with van der Waals surface area (Å²) < 4.78 is 6.85. The molecule has 8 nitrogen and oxygen atoms in total. The van der Waals surface area contributed by atoms with Gasteiger partial charge in [0, 0.05) is 43.7 Å². The number of benzene rings is 1. The first kappa shape index (κ1) is 19.5. The molecule has 4 aromatic rings. The SMILES string of the molecule is COCc1ccc(-c2ccc3ncc(C(N)=O)c(NCc4ccn(C)n4)c3c2)cn1. The molecule has 152 valence electrons. The Hall–Kier alpha value is -3.78. The van der Waals surface area contributed by atoms with Gasteiger partial charge in [0.15, 0.2) is 0 Å². The molecule has 3 heterocycles. The van der Waals surface area contributed by atoms with Gasteiger partial charge in [-0.05, 0) is 29.8 Å². The molecule has 0 saturated carbocycles. The van der Waals surface area contributed by atoms with Crippen molar-refractivity contribution in [1.29, 1.82) is 0 Å². The van der Waals surface area contributed by atoms with Crippen molar-refractivity contribution in [2.75, 3.05) is 12.4 Å². The van der Waals surface area contributed by atoms with Gasteiger partial charge in [0.05, 0.1) is 41.3 Å². The first-order chi connectivity index (χ1) is 14.5. The lowest BCUT2D eigenvalue weighted by molar-refractivity contribution is 0.100. The summed E-state index contributed by atoms with van der Waals surface area (Å²) >= 11 is 0. The number of aryl methyl sites for hydroxylation is 1. The average molecular weight is 402 g/mol. The topological polar surface area (TPSA) is 108 Å². The van der Waals surface area contributed by atoms with Crippen molar-refractivity contribution < 1.29 is 9.53 Å². The standard InChI is InChI=1S/C22H22N6O2/c1-28-8-7-16(27-28)11-26-21-18-9-14(15-3-5-17(13-30-2)24-10-15)4-6-20(18)25-12-19(21)22(23)29/h3-10,12H,11,13H2,1-2H3,(H2,23,29)(H,25,26). The highest BCUT2D eigenvalue weighted by Crippen LogP contribution is 2.30. The number of aromatic nitrogens is 4. The number of hydrogen-bond acceptors (Lipinski definition) is 6. The summed E-state index contributed by atoms with van der Waals surface area (Å²) in [4.78, 5) is 20.9. The van der Waals surface area contributed by atoms with Crippen molar-refractivity contribution in [3.8, 4) is 11.1 Å². The fraction of sp³-hybridized carbons (Fsp3) is 0.182. The molecule has 0 fully saturated rings. The number of hydrogen-bond donors (Lipinski definition) is 2. The molecule has 0 saturated heterocycles. The van der Waals surface area contributed by atoms with Crippen molar-refractivity contribution >= 4 is 22.5 Å². The molecular weight excluding hydrogens is 380 g/mol. The number of rotatable bonds is 7. The summed E-state index contributed by atoms with van der Waals surface area (Å²) in [5, 5.41) is 8.50. The van der Waals surface area contributed by atoms with Gasteiger partial charge in [-0.3, -0.25) is 19.4 Å². The Kier molecular flexibility index (Phi) is 5.40. The molecule has 0 aliphatic heterocycles. The van der Waals surface area contributed by atoms with Crippen LogP contribution in [-0.2, 0) is 24.9 Å². The van der Waals surface area contributed by atoms with Gasteiger partial charge in [0.2, 0.25) is 0 Å². The quantitative estimate of drug-likeness (QED) is 0.492. The van der Waals surface area contributed by atoms with Gasteiger partial charge in [0.25, 0.3) is 5.91 Å². The van der Waals surface area contributed by atoms with E-state index in [1.54, 1.807) is 11.8 Å². The van der Waals surface area contributed by atoms with Gasteiger partial charge in [-0.2, -0.15) is 5.10 Å². The smallest absolute Gasteiger partial charge is 0.252 e. The van der Waals surface area contributed by atoms with E-state index in [0.29, 0.717) is 24.4 Å². The maximum absolute atomic E-state index is 12.0. The van der Waals surface area contributed by atoms with Gasteiger partial charge in [-0.1, -0.05) is 12.1 Å². The molecule has 4 rings (SSSR count). The Bertz CT molecular complexity index is 1200. The third-order valence-electron chi connectivity index (χ3n) is 4.80. The van der Waals surface area contributed by atoms with Crippen LogP contribution in [0.25, 0.3) is 22.0 Å². The molecule has 1 amide bonds. The number of primary amides is 1. The summed E-state index contributed by atoms with van der Waals surface area (Å²) in [5.74, 6) is -0.538. The minimum Gasteiger partial charge on any atom is -0.378 e. The van der Waals surface area contributed by atoms with Crippen molar-refractivity contribution in [2.45, 2.75) is 13.2 Å².